The van der Waals surface area contributed by atoms with Crippen molar-refractivity contribution in [1.82, 2.24) is 10.6 Å². The van der Waals surface area contributed by atoms with Crippen molar-refractivity contribution >= 4 is 33.3 Å². The molecule has 0 unspecified atom stereocenters. The lowest BCUT2D eigenvalue weighted by atomic mass is 10.1. The van der Waals surface area contributed by atoms with E-state index in [0.717, 1.165) is 6.07 Å². The molecule has 0 atom stereocenters. The van der Waals surface area contributed by atoms with Gasteiger partial charge in [0.05, 0.1) is 16.2 Å². The van der Waals surface area contributed by atoms with E-state index in [1.165, 1.54) is 48.5 Å². The van der Waals surface area contributed by atoms with Gasteiger partial charge < -0.3 is 10.6 Å². The highest BCUT2D eigenvalue weighted by atomic mass is 35.5. The Labute approximate surface area is 211 Å². The van der Waals surface area contributed by atoms with E-state index in [-0.39, 0.29) is 45.5 Å². The van der Waals surface area contributed by atoms with Gasteiger partial charge in [-0.3, -0.25) is 9.59 Å². The van der Waals surface area contributed by atoms with Crippen molar-refractivity contribution in [2.24, 2.45) is 0 Å². The quantitative estimate of drug-likeness (QED) is 0.421. The zero-order chi connectivity index (χ0) is 26.5. The molecule has 190 valence electrons. The Bertz CT molecular complexity index is 1360. The molecule has 3 aromatic rings. The zero-order valence-electron chi connectivity index (χ0n) is 19.0. The molecule has 0 aliphatic carbocycles. The van der Waals surface area contributed by atoms with E-state index in [0.29, 0.717) is 5.56 Å². The van der Waals surface area contributed by atoms with Crippen LogP contribution >= 0.6 is 11.6 Å². The van der Waals surface area contributed by atoms with Crippen LogP contribution in [0.3, 0.4) is 0 Å². The Balaban J connectivity index is 1.58. The van der Waals surface area contributed by atoms with Crippen LogP contribution in [0.2, 0.25) is 5.02 Å². The summed E-state index contributed by atoms with van der Waals surface area (Å²) in [5.41, 5.74) is 0.0888. The summed E-state index contributed by atoms with van der Waals surface area (Å²) >= 11 is 5.67. The number of alkyl halides is 3. The highest BCUT2D eigenvalue weighted by Gasteiger charge is 2.33. The van der Waals surface area contributed by atoms with Gasteiger partial charge in [-0.2, -0.15) is 13.2 Å². The standard InChI is InChI=1S/C25H22ClF3N2O4S/c1-2-36(34,35)21-11-3-16(4-12-21)14-30-23(32)17-5-7-18(8-6-17)24(33)31-15-19-9-10-20(26)13-22(19)25(27,28)29/h3-13H,2,14-15H2,1H3,(H,30,32)(H,31,33). The van der Waals surface area contributed by atoms with Crippen molar-refractivity contribution in [3.8, 4) is 0 Å². The van der Waals surface area contributed by atoms with Crippen LogP contribution in [0, 0.1) is 0 Å². The number of carbonyl (C=O) groups excluding carboxylic acids is 2. The molecule has 0 bridgehead atoms. The Morgan fingerprint density at radius 3 is 1.86 bits per heavy atom. The molecule has 6 nitrogen and oxygen atoms in total. The molecule has 0 saturated carbocycles. The molecular weight excluding hydrogens is 517 g/mol. The van der Waals surface area contributed by atoms with E-state index in [1.54, 1.807) is 19.1 Å². The monoisotopic (exact) mass is 538 g/mol. The van der Waals surface area contributed by atoms with Gasteiger partial charge in [0.2, 0.25) is 0 Å². The van der Waals surface area contributed by atoms with Crippen molar-refractivity contribution in [3.63, 3.8) is 0 Å². The third kappa shape index (κ3) is 6.86. The molecule has 0 radical (unpaired) electrons. The molecule has 2 N–H and O–H groups in total. The minimum atomic E-state index is -4.62. The molecule has 3 aromatic carbocycles. The van der Waals surface area contributed by atoms with Crippen LogP contribution in [-0.4, -0.2) is 26.0 Å². The van der Waals surface area contributed by atoms with Gasteiger partial charge in [0, 0.05) is 29.2 Å². The van der Waals surface area contributed by atoms with E-state index in [1.807, 2.05) is 0 Å². The maximum absolute atomic E-state index is 13.2. The Morgan fingerprint density at radius 2 is 1.36 bits per heavy atom. The SMILES string of the molecule is CCS(=O)(=O)c1ccc(CNC(=O)c2ccc(C(=O)NCc3ccc(Cl)cc3C(F)(F)F)cc2)cc1. The first-order valence-electron chi connectivity index (χ1n) is 10.7. The third-order valence-corrected chi connectivity index (χ3v) is 7.33. The lowest BCUT2D eigenvalue weighted by Gasteiger charge is -2.14. The maximum Gasteiger partial charge on any atom is 0.416 e. The topological polar surface area (TPSA) is 92.3 Å². The average molecular weight is 539 g/mol. The molecule has 3 rings (SSSR count). The summed E-state index contributed by atoms with van der Waals surface area (Å²) in [7, 11) is -3.31. The lowest BCUT2D eigenvalue weighted by Crippen LogP contribution is -2.25. The molecule has 0 heterocycles. The predicted molar refractivity (Wildman–Crippen MR) is 129 cm³/mol. The molecule has 0 spiro atoms. The molecule has 0 saturated heterocycles. The minimum Gasteiger partial charge on any atom is -0.348 e. The van der Waals surface area contributed by atoms with Gasteiger partial charge in [-0.15, -0.1) is 0 Å². The molecule has 0 aliphatic rings. The van der Waals surface area contributed by atoms with Gasteiger partial charge in [-0.05, 0) is 59.7 Å². The molecular formula is C25H22ClF3N2O4S. The molecule has 36 heavy (non-hydrogen) atoms. The fraction of sp³-hybridized carbons (Fsp3) is 0.200. The molecule has 2 amide bonds. The number of hydrogen-bond donors (Lipinski definition) is 2. The second kappa shape index (κ2) is 11.1. The number of benzene rings is 3. The van der Waals surface area contributed by atoms with Crippen LogP contribution in [0.15, 0.2) is 71.6 Å². The van der Waals surface area contributed by atoms with Crippen LogP contribution in [0.5, 0.6) is 0 Å². The molecule has 0 fully saturated rings. The summed E-state index contributed by atoms with van der Waals surface area (Å²) < 4.78 is 63.4. The average Bonchev–Trinajstić information content (AvgIpc) is 2.86. The number of hydrogen-bond acceptors (Lipinski definition) is 4. The van der Waals surface area contributed by atoms with Gasteiger partial charge in [0.15, 0.2) is 9.84 Å². The number of sulfone groups is 1. The molecule has 11 heteroatoms. The maximum atomic E-state index is 13.2. The van der Waals surface area contributed by atoms with Crippen molar-refractivity contribution in [1.29, 1.82) is 0 Å². The van der Waals surface area contributed by atoms with E-state index < -0.39 is 33.4 Å². The van der Waals surface area contributed by atoms with Crippen LogP contribution in [0.4, 0.5) is 13.2 Å². The summed E-state index contributed by atoms with van der Waals surface area (Å²) in [6, 6.07) is 15.1. The molecule has 0 aromatic heterocycles. The number of halogens is 4. The Hall–Kier alpha value is -3.37. The number of rotatable bonds is 8. The second-order valence-electron chi connectivity index (χ2n) is 7.79. The largest absolute Gasteiger partial charge is 0.416 e. The third-order valence-electron chi connectivity index (χ3n) is 5.34. The number of amides is 2. The highest BCUT2D eigenvalue weighted by molar-refractivity contribution is 7.91. The van der Waals surface area contributed by atoms with Crippen molar-refractivity contribution in [2.75, 3.05) is 5.75 Å². The van der Waals surface area contributed by atoms with Crippen LogP contribution in [-0.2, 0) is 29.1 Å². The summed E-state index contributed by atoms with van der Waals surface area (Å²) in [5.74, 6) is -1.03. The smallest absolute Gasteiger partial charge is 0.348 e. The number of carbonyl (C=O) groups is 2. The Morgan fingerprint density at radius 1 is 0.833 bits per heavy atom. The van der Waals surface area contributed by atoms with E-state index in [9.17, 15) is 31.2 Å². The van der Waals surface area contributed by atoms with Crippen molar-refractivity contribution < 1.29 is 31.2 Å². The lowest BCUT2D eigenvalue weighted by molar-refractivity contribution is -0.138. The minimum absolute atomic E-state index is 0.00712. The van der Waals surface area contributed by atoms with Gasteiger partial charge in [0.1, 0.15) is 0 Å². The van der Waals surface area contributed by atoms with Gasteiger partial charge in [-0.1, -0.05) is 36.7 Å². The summed E-state index contributed by atoms with van der Waals surface area (Å²) in [6.45, 7) is 1.36. The van der Waals surface area contributed by atoms with Gasteiger partial charge in [-0.25, -0.2) is 8.42 Å². The first-order chi connectivity index (χ1) is 16.9. The first-order valence-corrected chi connectivity index (χ1v) is 12.8. The van der Waals surface area contributed by atoms with Crippen molar-refractivity contribution in [2.45, 2.75) is 31.1 Å². The first kappa shape index (κ1) is 27.2. The van der Waals surface area contributed by atoms with Crippen LogP contribution < -0.4 is 10.6 Å². The zero-order valence-corrected chi connectivity index (χ0v) is 20.6. The highest BCUT2D eigenvalue weighted by Crippen LogP contribution is 2.33. The fourth-order valence-electron chi connectivity index (χ4n) is 3.28. The Kier molecular flexibility index (Phi) is 8.42. The van der Waals surface area contributed by atoms with E-state index in [4.69, 9.17) is 11.6 Å². The van der Waals surface area contributed by atoms with Gasteiger partial charge in [0.25, 0.3) is 11.8 Å². The van der Waals surface area contributed by atoms with Crippen LogP contribution in [0.1, 0.15) is 44.3 Å². The van der Waals surface area contributed by atoms with E-state index >= 15 is 0 Å². The normalized spacial score (nSPS) is 11.7. The number of nitrogens with one attached hydrogen (secondary N) is 2. The summed E-state index contributed by atoms with van der Waals surface area (Å²) in [5, 5.41) is 5.08. The summed E-state index contributed by atoms with van der Waals surface area (Å²) in [4.78, 5) is 25.0. The van der Waals surface area contributed by atoms with Gasteiger partial charge >= 0.3 is 6.18 Å². The molecule has 0 aliphatic heterocycles. The predicted octanol–water partition coefficient (Wildman–Crippen LogP) is 5.01. The second-order valence-corrected chi connectivity index (χ2v) is 10.5. The van der Waals surface area contributed by atoms with E-state index in [2.05, 4.69) is 10.6 Å². The van der Waals surface area contributed by atoms with Crippen LogP contribution in [0.25, 0.3) is 0 Å². The summed E-state index contributed by atoms with van der Waals surface area (Å²) in [6.07, 6.45) is -4.62. The van der Waals surface area contributed by atoms with Crippen molar-refractivity contribution in [3.05, 3.63) is 99.6 Å². The fourth-order valence-corrected chi connectivity index (χ4v) is 4.34.